The van der Waals surface area contributed by atoms with E-state index in [-0.39, 0.29) is 12.0 Å². The van der Waals surface area contributed by atoms with Gasteiger partial charge in [0.1, 0.15) is 17.0 Å². The summed E-state index contributed by atoms with van der Waals surface area (Å²) in [4.78, 5) is 21.3. The molecule has 2 aromatic rings. The minimum atomic E-state index is -0.783. The average Bonchev–Trinajstić information content (AvgIpc) is 2.68. The average molecular weight is 279 g/mol. The number of aliphatic carboxylic acids is 1. The molecule has 0 bridgehead atoms. The summed E-state index contributed by atoms with van der Waals surface area (Å²) in [5, 5.41) is 13.1. The molecule has 0 aliphatic rings. The number of hydrogen-bond donors (Lipinski definition) is 2. The van der Waals surface area contributed by atoms with Crippen molar-refractivity contribution in [3.63, 3.8) is 0 Å². The Labute approximate surface area is 115 Å². The third-order valence-corrected chi connectivity index (χ3v) is 3.83. The number of nitrogens with one attached hydrogen (secondary N) is 1. The van der Waals surface area contributed by atoms with Crippen molar-refractivity contribution in [2.75, 3.05) is 5.32 Å². The second-order valence-electron chi connectivity index (χ2n) is 5.20. The van der Waals surface area contributed by atoms with Crippen LogP contribution in [0.15, 0.2) is 12.4 Å². The molecule has 0 aromatic carbocycles. The lowest BCUT2D eigenvalue weighted by atomic mass is 9.98. The van der Waals surface area contributed by atoms with E-state index in [0.29, 0.717) is 6.42 Å². The number of thiophene rings is 1. The normalized spacial score (nSPS) is 11.7. The van der Waals surface area contributed by atoms with Crippen LogP contribution in [-0.2, 0) is 4.79 Å². The third-order valence-electron chi connectivity index (χ3n) is 2.87. The molecule has 0 unspecified atom stereocenters. The first kappa shape index (κ1) is 13.7. The van der Waals surface area contributed by atoms with Crippen molar-refractivity contribution in [3.05, 3.63) is 17.3 Å². The van der Waals surface area contributed by atoms with E-state index in [1.165, 1.54) is 11.2 Å². The molecular weight excluding hydrogens is 262 g/mol. The first-order valence-corrected chi connectivity index (χ1v) is 6.90. The van der Waals surface area contributed by atoms with E-state index in [0.717, 1.165) is 16.0 Å². The Bertz CT molecular complexity index is 607. The molecule has 0 aliphatic heterocycles. The highest BCUT2D eigenvalue weighted by Crippen LogP contribution is 2.29. The maximum Gasteiger partial charge on any atom is 0.303 e. The van der Waals surface area contributed by atoms with Crippen molar-refractivity contribution in [2.45, 2.75) is 39.2 Å². The van der Waals surface area contributed by atoms with Gasteiger partial charge in [-0.05, 0) is 33.3 Å². The zero-order valence-corrected chi connectivity index (χ0v) is 12.0. The number of rotatable bonds is 5. The number of nitrogens with zero attached hydrogens (tertiary/aromatic N) is 2. The summed E-state index contributed by atoms with van der Waals surface area (Å²) in [6, 6.07) is 2.05. The number of fused-ring (bicyclic) bond motifs is 1. The van der Waals surface area contributed by atoms with Crippen LogP contribution < -0.4 is 5.32 Å². The number of aryl methyl sites for hydroxylation is 1. The number of anilines is 1. The zero-order valence-electron chi connectivity index (χ0n) is 11.2. The molecular formula is C13H17N3O2S. The van der Waals surface area contributed by atoms with E-state index in [1.807, 2.05) is 20.8 Å². The topological polar surface area (TPSA) is 75.1 Å². The molecule has 2 rings (SSSR count). The summed E-state index contributed by atoms with van der Waals surface area (Å²) < 4.78 is 0. The van der Waals surface area contributed by atoms with Crippen molar-refractivity contribution < 1.29 is 9.90 Å². The minimum Gasteiger partial charge on any atom is -0.481 e. The molecule has 2 heterocycles. The van der Waals surface area contributed by atoms with Gasteiger partial charge in [0.05, 0.1) is 5.39 Å². The summed E-state index contributed by atoms with van der Waals surface area (Å²) in [7, 11) is 0. The molecule has 0 saturated carbocycles. The fourth-order valence-corrected chi connectivity index (χ4v) is 2.73. The van der Waals surface area contributed by atoms with Crippen molar-refractivity contribution in [3.8, 4) is 0 Å². The van der Waals surface area contributed by atoms with Gasteiger partial charge in [-0.1, -0.05) is 0 Å². The molecule has 0 aliphatic carbocycles. The quantitative estimate of drug-likeness (QED) is 0.879. The van der Waals surface area contributed by atoms with Gasteiger partial charge in [-0.3, -0.25) is 4.79 Å². The lowest BCUT2D eigenvalue weighted by Crippen LogP contribution is -2.32. The predicted molar refractivity (Wildman–Crippen MR) is 76.7 cm³/mol. The Hall–Kier alpha value is -1.69. The fourth-order valence-electron chi connectivity index (χ4n) is 1.88. The van der Waals surface area contributed by atoms with Crippen LogP contribution in [0.1, 0.15) is 31.6 Å². The molecule has 0 fully saturated rings. The van der Waals surface area contributed by atoms with Crippen LogP contribution in [-0.4, -0.2) is 26.6 Å². The van der Waals surface area contributed by atoms with E-state index in [2.05, 4.69) is 21.4 Å². The van der Waals surface area contributed by atoms with Crippen LogP contribution >= 0.6 is 11.3 Å². The van der Waals surface area contributed by atoms with E-state index in [1.54, 1.807) is 11.3 Å². The Balaban J connectivity index is 2.22. The Morgan fingerprint density at radius 1 is 1.47 bits per heavy atom. The lowest BCUT2D eigenvalue weighted by molar-refractivity contribution is -0.137. The maximum absolute atomic E-state index is 10.7. The van der Waals surface area contributed by atoms with E-state index in [4.69, 9.17) is 5.11 Å². The van der Waals surface area contributed by atoms with Crippen LogP contribution in [0.2, 0.25) is 0 Å². The monoisotopic (exact) mass is 279 g/mol. The number of carboxylic acid groups (broad SMARTS) is 1. The van der Waals surface area contributed by atoms with Crippen LogP contribution in [0.3, 0.4) is 0 Å². The fraction of sp³-hybridized carbons (Fsp3) is 0.462. The van der Waals surface area contributed by atoms with Gasteiger partial charge in [0.25, 0.3) is 0 Å². The second kappa shape index (κ2) is 5.13. The lowest BCUT2D eigenvalue weighted by Gasteiger charge is -2.26. The number of hydrogen-bond acceptors (Lipinski definition) is 5. The van der Waals surface area contributed by atoms with E-state index >= 15 is 0 Å². The predicted octanol–water partition coefficient (Wildman–Crippen LogP) is 3.06. The van der Waals surface area contributed by atoms with E-state index < -0.39 is 5.97 Å². The molecule has 6 heteroatoms. The second-order valence-corrected chi connectivity index (χ2v) is 6.44. The smallest absolute Gasteiger partial charge is 0.303 e. The molecule has 102 valence electrons. The third kappa shape index (κ3) is 3.41. The summed E-state index contributed by atoms with van der Waals surface area (Å²) in [6.45, 7) is 5.98. The maximum atomic E-state index is 10.7. The molecule has 5 nitrogen and oxygen atoms in total. The summed E-state index contributed by atoms with van der Waals surface area (Å²) >= 11 is 1.63. The van der Waals surface area contributed by atoms with Crippen molar-refractivity contribution in [1.29, 1.82) is 0 Å². The molecule has 2 aromatic heterocycles. The van der Waals surface area contributed by atoms with Gasteiger partial charge in [0, 0.05) is 16.8 Å². The molecule has 2 N–H and O–H groups in total. The molecule has 0 spiro atoms. The molecule has 0 saturated heterocycles. The number of aromatic nitrogens is 2. The largest absolute Gasteiger partial charge is 0.481 e. The van der Waals surface area contributed by atoms with Gasteiger partial charge in [-0.25, -0.2) is 9.97 Å². The first-order valence-electron chi connectivity index (χ1n) is 6.08. The molecule has 0 radical (unpaired) electrons. The number of carbonyl (C=O) groups is 1. The highest BCUT2D eigenvalue weighted by Gasteiger charge is 2.21. The van der Waals surface area contributed by atoms with Crippen molar-refractivity contribution in [1.82, 2.24) is 9.97 Å². The summed E-state index contributed by atoms with van der Waals surface area (Å²) in [6.07, 6.45) is 2.21. The highest BCUT2D eigenvalue weighted by atomic mass is 32.1. The van der Waals surface area contributed by atoms with Gasteiger partial charge >= 0.3 is 5.97 Å². The van der Waals surface area contributed by atoms with Crippen LogP contribution in [0, 0.1) is 6.92 Å². The van der Waals surface area contributed by atoms with Crippen LogP contribution in [0.25, 0.3) is 10.2 Å². The van der Waals surface area contributed by atoms with Gasteiger partial charge in [-0.15, -0.1) is 11.3 Å². The molecule has 19 heavy (non-hydrogen) atoms. The Kier molecular flexibility index (Phi) is 3.71. The van der Waals surface area contributed by atoms with Gasteiger partial charge in [-0.2, -0.15) is 0 Å². The van der Waals surface area contributed by atoms with Crippen LogP contribution in [0.5, 0.6) is 0 Å². The molecule has 0 amide bonds. The van der Waals surface area contributed by atoms with E-state index in [9.17, 15) is 4.79 Å². The number of carboxylic acids is 1. The summed E-state index contributed by atoms with van der Waals surface area (Å²) in [5.74, 6) is -0.0150. The Morgan fingerprint density at radius 3 is 2.89 bits per heavy atom. The van der Waals surface area contributed by atoms with Crippen molar-refractivity contribution in [2.24, 2.45) is 0 Å². The van der Waals surface area contributed by atoms with Gasteiger partial charge in [0.2, 0.25) is 0 Å². The SMILES string of the molecule is Cc1cc2c(NC(C)(C)CCC(=O)O)ncnc2s1. The first-order chi connectivity index (χ1) is 8.87. The highest BCUT2D eigenvalue weighted by molar-refractivity contribution is 7.18. The molecule has 0 atom stereocenters. The zero-order chi connectivity index (χ0) is 14.0. The minimum absolute atomic E-state index is 0.136. The van der Waals surface area contributed by atoms with Crippen LogP contribution in [0.4, 0.5) is 5.82 Å². The summed E-state index contributed by atoms with van der Waals surface area (Å²) in [5.41, 5.74) is -0.324. The standard InChI is InChI=1S/C13H17N3O2S/c1-8-6-9-11(14-7-15-12(9)19-8)16-13(2,3)5-4-10(17)18/h6-7H,4-5H2,1-3H3,(H,17,18)(H,14,15,16). The Morgan fingerprint density at radius 2 is 2.21 bits per heavy atom. The van der Waals surface area contributed by atoms with Gasteiger partial charge in [0.15, 0.2) is 0 Å². The van der Waals surface area contributed by atoms with Gasteiger partial charge < -0.3 is 10.4 Å². The van der Waals surface area contributed by atoms with Crippen molar-refractivity contribution >= 4 is 33.3 Å².